The molecule has 1 aliphatic rings. The molecule has 0 atom stereocenters. The zero-order valence-corrected chi connectivity index (χ0v) is 15.2. The average Bonchev–Trinajstić information content (AvgIpc) is 3.40. The van der Waals surface area contributed by atoms with E-state index in [2.05, 4.69) is 10.3 Å². The van der Waals surface area contributed by atoms with Gasteiger partial charge in [0.1, 0.15) is 0 Å². The number of aromatic nitrogens is 1. The summed E-state index contributed by atoms with van der Waals surface area (Å²) in [6.45, 7) is 2.30. The molecule has 1 aromatic carbocycles. The minimum Gasteiger partial charge on any atom is -0.442 e. The molecule has 0 saturated carbocycles. The first-order valence-electron chi connectivity index (χ1n) is 8.48. The van der Waals surface area contributed by atoms with Crippen molar-refractivity contribution in [2.45, 2.75) is 0 Å². The first-order valence-corrected chi connectivity index (χ1v) is 9.36. The van der Waals surface area contributed by atoms with Gasteiger partial charge in [0.2, 0.25) is 0 Å². The lowest BCUT2D eigenvalue weighted by atomic mass is 10.1. The van der Waals surface area contributed by atoms with E-state index in [1.807, 2.05) is 17.5 Å². The molecule has 3 aromatic rings. The van der Waals surface area contributed by atoms with Crippen LogP contribution in [0.1, 0.15) is 20.8 Å². The quantitative estimate of drug-likeness (QED) is 0.748. The van der Waals surface area contributed by atoms with Crippen molar-refractivity contribution in [1.29, 1.82) is 0 Å². The number of hydrogen-bond donors (Lipinski definition) is 1. The zero-order valence-electron chi connectivity index (χ0n) is 14.4. The van der Waals surface area contributed by atoms with E-state index < -0.39 is 0 Å². The van der Waals surface area contributed by atoms with Crippen molar-refractivity contribution in [2.75, 3.05) is 31.6 Å². The molecule has 1 fully saturated rings. The third-order valence-electron chi connectivity index (χ3n) is 4.22. The van der Waals surface area contributed by atoms with E-state index in [0.29, 0.717) is 43.3 Å². The molecule has 3 heterocycles. The Kier molecular flexibility index (Phi) is 4.99. The van der Waals surface area contributed by atoms with E-state index in [-0.39, 0.29) is 17.5 Å². The van der Waals surface area contributed by atoms with E-state index >= 15 is 0 Å². The summed E-state index contributed by atoms with van der Waals surface area (Å²) in [5, 5.41) is 4.70. The Hall–Kier alpha value is -2.97. The van der Waals surface area contributed by atoms with Crippen molar-refractivity contribution in [3.05, 3.63) is 59.4 Å². The number of benzene rings is 1. The molecular formula is C19H17N3O4S. The molecule has 138 valence electrons. The third-order valence-corrected chi connectivity index (χ3v) is 5.08. The largest absolute Gasteiger partial charge is 0.442 e. The number of hydrogen-bond acceptors (Lipinski definition) is 6. The van der Waals surface area contributed by atoms with Crippen molar-refractivity contribution in [2.24, 2.45) is 0 Å². The fourth-order valence-electron chi connectivity index (χ4n) is 2.83. The third kappa shape index (κ3) is 3.76. The highest BCUT2D eigenvalue weighted by Crippen LogP contribution is 2.28. The molecule has 1 aliphatic heterocycles. The number of morpholine rings is 1. The van der Waals surface area contributed by atoms with E-state index in [9.17, 15) is 9.59 Å². The van der Waals surface area contributed by atoms with Gasteiger partial charge in [-0.2, -0.15) is 0 Å². The number of ether oxygens (including phenoxy) is 1. The van der Waals surface area contributed by atoms with Crippen LogP contribution in [0.15, 0.2) is 52.6 Å². The molecule has 0 spiro atoms. The second-order valence-corrected chi connectivity index (χ2v) is 6.89. The van der Waals surface area contributed by atoms with Crippen molar-refractivity contribution < 1.29 is 18.7 Å². The van der Waals surface area contributed by atoms with E-state index in [1.54, 1.807) is 29.2 Å². The second-order valence-electron chi connectivity index (χ2n) is 5.94. The Balaban J connectivity index is 1.45. The fourth-order valence-corrected chi connectivity index (χ4v) is 3.54. The van der Waals surface area contributed by atoms with E-state index in [1.165, 1.54) is 17.7 Å². The van der Waals surface area contributed by atoms with Crippen LogP contribution in [0.3, 0.4) is 0 Å². The van der Waals surface area contributed by atoms with Gasteiger partial charge in [0.25, 0.3) is 11.8 Å². The summed E-state index contributed by atoms with van der Waals surface area (Å²) in [7, 11) is 0. The summed E-state index contributed by atoms with van der Waals surface area (Å²) >= 11 is 1.47. The van der Waals surface area contributed by atoms with Gasteiger partial charge in [0, 0.05) is 24.3 Å². The Labute approximate surface area is 159 Å². The molecule has 4 rings (SSSR count). The first-order chi connectivity index (χ1) is 13.2. The number of nitrogens with zero attached hydrogens (tertiary/aromatic N) is 2. The fraction of sp³-hybridized carbons (Fsp3) is 0.211. The number of oxazole rings is 1. The lowest BCUT2D eigenvalue weighted by Crippen LogP contribution is -2.40. The van der Waals surface area contributed by atoms with Crippen LogP contribution >= 0.6 is 11.3 Å². The van der Waals surface area contributed by atoms with Gasteiger partial charge in [0.05, 0.1) is 18.1 Å². The maximum Gasteiger partial charge on any atom is 0.278 e. The summed E-state index contributed by atoms with van der Waals surface area (Å²) < 4.78 is 10.6. The lowest BCUT2D eigenvalue weighted by molar-refractivity contribution is 0.0303. The average molecular weight is 383 g/mol. The Morgan fingerprint density at radius 3 is 2.59 bits per heavy atom. The number of anilines is 1. The van der Waals surface area contributed by atoms with Gasteiger partial charge in [-0.25, -0.2) is 4.98 Å². The van der Waals surface area contributed by atoms with Crippen molar-refractivity contribution >= 4 is 28.8 Å². The second kappa shape index (κ2) is 7.73. The van der Waals surface area contributed by atoms with Crippen LogP contribution in [0.25, 0.3) is 10.6 Å². The molecule has 0 radical (unpaired) electrons. The molecule has 1 N–H and O–H groups in total. The van der Waals surface area contributed by atoms with Gasteiger partial charge in [0.15, 0.2) is 17.8 Å². The van der Waals surface area contributed by atoms with Gasteiger partial charge in [-0.3, -0.25) is 9.59 Å². The van der Waals surface area contributed by atoms with Crippen LogP contribution in [0.2, 0.25) is 0 Å². The highest BCUT2D eigenvalue weighted by atomic mass is 32.1. The number of thiophene rings is 1. The summed E-state index contributed by atoms with van der Waals surface area (Å²) in [5.74, 6) is 0.0497. The Morgan fingerprint density at radius 1 is 1.11 bits per heavy atom. The summed E-state index contributed by atoms with van der Waals surface area (Å²) in [6, 6.07) is 10.6. The first kappa shape index (κ1) is 17.4. The predicted octanol–water partition coefficient (Wildman–Crippen LogP) is 3.13. The molecule has 0 aliphatic carbocycles. The maximum absolute atomic E-state index is 12.5. The number of nitrogens with one attached hydrogen (secondary N) is 1. The summed E-state index contributed by atoms with van der Waals surface area (Å²) in [4.78, 5) is 31.6. The SMILES string of the molecule is O=C(Nc1ccc(C(=O)N2CCOCC2)cc1)c1ncoc1-c1cccs1. The molecular weight excluding hydrogens is 366 g/mol. The lowest BCUT2D eigenvalue weighted by Gasteiger charge is -2.26. The Morgan fingerprint density at radius 2 is 1.89 bits per heavy atom. The van der Waals surface area contributed by atoms with Gasteiger partial charge in [-0.05, 0) is 35.7 Å². The standard InChI is InChI=1S/C19H17N3O4S/c23-18(16-17(26-12-20-16)15-2-1-11-27-15)21-14-5-3-13(4-6-14)19(24)22-7-9-25-10-8-22/h1-6,11-12H,7-10H2,(H,21,23). The van der Waals surface area contributed by atoms with Crippen LogP contribution in [0.4, 0.5) is 5.69 Å². The van der Waals surface area contributed by atoms with Crippen molar-refractivity contribution in [3.63, 3.8) is 0 Å². The normalized spacial score (nSPS) is 14.1. The molecule has 2 amide bonds. The summed E-state index contributed by atoms with van der Waals surface area (Å²) in [5.41, 5.74) is 1.39. The monoisotopic (exact) mass is 383 g/mol. The van der Waals surface area contributed by atoms with E-state index in [0.717, 1.165) is 4.88 Å². The van der Waals surface area contributed by atoms with Gasteiger partial charge in [-0.15, -0.1) is 11.3 Å². The van der Waals surface area contributed by atoms with E-state index in [4.69, 9.17) is 9.15 Å². The number of rotatable bonds is 4. The predicted molar refractivity (Wildman–Crippen MR) is 101 cm³/mol. The molecule has 2 aromatic heterocycles. The molecule has 0 unspecified atom stereocenters. The summed E-state index contributed by atoms with van der Waals surface area (Å²) in [6.07, 6.45) is 1.26. The highest BCUT2D eigenvalue weighted by Gasteiger charge is 2.20. The topological polar surface area (TPSA) is 84.7 Å². The molecule has 7 nitrogen and oxygen atoms in total. The van der Waals surface area contributed by atoms with Gasteiger partial charge in [-0.1, -0.05) is 6.07 Å². The minimum atomic E-state index is -0.362. The molecule has 8 heteroatoms. The zero-order chi connectivity index (χ0) is 18.6. The highest BCUT2D eigenvalue weighted by molar-refractivity contribution is 7.13. The minimum absolute atomic E-state index is 0.0346. The van der Waals surface area contributed by atoms with Crippen LogP contribution in [-0.2, 0) is 4.74 Å². The number of carbonyl (C=O) groups excluding carboxylic acids is 2. The smallest absolute Gasteiger partial charge is 0.278 e. The van der Waals surface area contributed by atoms with Crippen LogP contribution < -0.4 is 5.32 Å². The van der Waals surface area contributed by atoms with Crippen LogP contribution in [0, 0.1) is 0 Å². The van der Waals surface area contributed by atoms with Crippen LogP contribution in [0.5, 0.6) is 0 Å². The number of amides is 2. The number of carbonyl (C=O) groups is 2. The van der Waals surface area contributed by atoms with Crippen molar-refractivity contribution in [3.8, 4) is 10.6 Å². The molecule has 27 heavy (non-hydrogen) atoms. The van der Waals surface area contributed by atoms with Gasteiger partial charge >= 0.3 is 0 Å². The van der Waals surface area contributed by atoms with Crippen LogP contribution in [-0.4, -0.2) is 48.0 Å². The molecule has 0 bridgehead atoms. The maximum atomic E-state index is 12.5. The Bertz CT molecular complexity index is 928. The molecule has 1 saturated heterocycles. The van der Waals surface area contributed by atoms with Gasteiger partial charge < -0.3 is 19.4 Å². The van der Waals surface area contributed by atoms with Crippen molar-refractivity contribution in [1.82, 2.24) is 9.88 Å².